The van der Waals surface area contributed by atoms with Crippen LogP contribution >= 0.6 is 0 Å². The predicted octanol–water partition coefficient (Wildman–Crippen LogP) is -1.58. The number of nitrogens with zero attached hydrogens (tertiary/aromatic N) is 4. The quantitative estimate of drug-likeness (QED) is 0.720. The number of nitrogens with two attached hydrogens (primary N) is 1. The van der Waals surface area contributed by atoms with Gasteiger partial charge in [-0.05, 0) is 0 Å². The highest BCUT2D eigenvalue weighted by molar-refractivity contribution is 7.86. The second-order valence-corrected chi connectivity index (χ2v) is 6.99. The molecule has 3 rings (SSSR count). The molecule has 2 N–H and O–H groups in total. The molecule has 116 valence electrons. The van der Waals surface area contributed by atoms with Gasteiger partial charge in [-0.3, -0.25) is 9.48 Å². The largest absolute Gasteiger partial charge is 0.379 e. The van der Waals surface area contributed by atoms with Gasteiger partial charge in [0.15, 0.2) is 0 Å². The number of aromatic nitrogens is 2. The summed E-state index contributed by atoms with van der Waals surface area (Å²) in [4.78, 5) is 11.0. The molecule has 0 radical (unpaired) electrons. The Labute approximate surface area is 122 Å². The third kappa shape index (κ3) is 2.67. The number of morpholine rings is 1. The van der Waals surface area contributed by atoms with Crippen LogP contribution in [0.5, 0.6) is 0 Å². The van der Waals surface area contributed by atoms with Crippen molar-refractivity contribution in [3.63, 3.8) is 0 Å². The van der Waals surface area contributed by atoms with Gasteiger partial charge in [-0.2, -0.15) is 22.1 Å². The van der Waals surface area contributed by atoms with E-state index in [1.165, 1.54) is 14.8 Å². The third-order valence-electron chi connectivity index (χ3n) is 3.71. The van der Waals surface area contributed by atoms with E-state index in [1.54, 1.807) is 10.9 Å². The van der Waals surface area contributed by atoms with E-state index in [0.717, 1.165) is 0 Å². The summed E-state index contributed by atoms with van der Waals surface area (Å²) < 4.78 is 34.3. The number of carbonyl (C=O) groups is 1. The summed E-state index contributed by atoms with van der Waals surface area (Å²) in [5.74, 6) is -0.543. The molecule has 0 saturated carbocycles. The van der Waals surface area contributed by atoms with Crippen LogP contribution in [-0.2, 0) is 14.9 Å². The van der Waals surface area contributed by atoms with Crippen LogP contribution in [-0.4, -0.2) is 72.1 Å². The predicted molar refractivity (Wildman–Crippen MR) is 72.7 cm³/mol. The molecule has 9 nitrogen and oxygen atoms in total. The lowest BCUT2D eigenvalue weighted by Crippen LogP contribution is -2.57. The van der Waals surface area contributed by atoms with Gasteiger partial charge in [0, 0.05) is 32.4 Å². The first-order valence-corrected chi connectivity index (χ1v) is 8.05. The van der Waals surface area contributed by atoms with E-state index in [2.05, 4.69) is 5.10 Å². The molecule has 10 heteroatoms. The van der Waals surface area contributed by atoms with Crippen LogP contribution in [0.2, 0.25) is 0 Å². The molecular formula is C11H17N5O4S. The van der Waals surface area contributed by atoms with Crippen molar-refractivity contribution in [2.24, 2.45) is 5.73 Å². The van der Waals surface area contributed by atoms with Gasteiger partial charge in [-0.1, -0.05) is 0 Å². The number of hydrogen-bond donors (Lipinski definition) is 1. The summed E-state index contributed by atoms with van der Waals surface area (Å²) in [6.45, 7) is 2.32. The zero-order chi connectivity index (χ0) is 15.0. The van der Waals surface area contributed by atoms with Gasteiger partial charge in [0.2, 0.25) is 0 Å². The van der Waals surface area contributed by atoms with Crippen LogP contribution < -0.4 is 5.73 Å². The van der Waals surface area contributed by atoms with Gasteiger partial charge in [-0.15, -0.1) is 0 Å². The molecule has 1 amide bonds. The summed E-state index contributed by atoms with van der Waals surface area (Å²) >= 11 is 0. The molecule has 0 bridgehead atoms. The molecule has 21 heavy (non-hydrogen) atoms. The minimum absolute atomic E-state index is 0.0612. The summed E-state index contributed by atoms with van der Waals surface area (Å²) in [5, 5.41) is 4.05. The van der Waals surface area contributed by atoms with E-state index in [1.807, 2.05) is 0 Å². The lowest BCUT2D eigenvalue weighted by atomic mass is 10.2. The molecule has 0 spiro atoms. The monoisotopic (exact) mass is 315 g/mol. The van der Waals surface area contributed by atoms with Crippen LogP contribution in [0.15, 0.2) is 12.4 Å². The average Bonchev–Trinajstić information content (AvgIpc) is 2.87. The Kier molecular flexibility index (Phi) is 3.69. The van der Waals surface area contributed by atoms with Crippen molar-refractivity contribution in [3.05, 3.63) is 18.0 Å². The molecule has 2 aliphatic rings. The second kappa shape index (κ2) is 5.37. The van der Waals surface area contributed by atoms with Crippen LogP contribution in [0.4, 0.5) is 0 Å². The highest BCUT2D eigenvalue weighted by atomic mass is 32.2. The Bertz CT molecular complexity index is 631. The van der Waals surface area contributed by atoms with E-state index in [4.69, 9.17) is 10.5 Å². The maximum Gasteiger partial charge on any atom is 0.282 e. The van der Waals surface area contributed by atoms with Gasteiger partial charge in [0.25, 0.3) is 16.1 Å². The Morgan fingerprint density at radius 1 is 1.29 bits per heavy atom. The maximum absolute atomic E-state index is 12.4. The SMILES string of the molecule is NC(=O)c1cnn(C2CN(S(=O)(=O)N3CCOCC3)C2)c1. The summed E-state index contributed by atoms with van der Waals surface area (Å²) in [7, 11) is -3.42. The van der Waals surface area contributed by atoms with E-state index in [9.17, 15) is 13.2 Å². The highest BCUT2D eigenvalue weighted by Gasteiger charge is 2.40. The third-order valence-corrected chi connectivity index (χ3v) is 5.68. The minimum atomic E-state index is -3.42. The zero-order valence-corrected chi connectivity index (χ0v) is 12.2. The summed E-state index contributed by atoms with van der Waals surface area (Å²) in [6, 6.07) is -0.0612. The van der Waals surface area contributed by atoms with Crippen LogP contribution in [0, 0.1) is 0 Å². The van der Waals surface area contributed by atoms with E-state index >= 15 is 0 Å². The smallest absolute Gasteiger partial charge is 0.282 e. The first kappa shape index (κ1) is 14.4. The molecule has 3 heterocycles. The van der Waals surface area contributed by atoms with Gasteiger partial charge < -0.3 is 10.5 Å². The standard InChI is InChI=1S/C11H17N5O4S/c12-11(17)9-5-13-16(6-9)10-7-15(8-10)21(18,19)14-1-3-20-4-2-14/h5-6,10H,1-4,7-8H2,(H2,12,17). The van der Waals surface area contributed by atoms with Crippen LogP contribution in [0.1, 0.15) is 16.4 Å². The molecule has 2 fully saturated rings. The fraction of sp³-hybridized carbons (Fsp3) is 0.636. The van der Waals surface area contributed by atoms with Gasteiger partial charge in [-0.25, -0.2) is 0 Å². The van der Waals surface area contributed by atoms with Gasteiger partial charge in [0.1, 0.15) is 0 Å². The molecule has 1 aromatic rings. The van der Waals surface area contributed by atoms with Crippen LogP contribution in [0.25, 0.3) is 0 Å². The van der Waals surface area contributed by atoms with Crippen LogP contribution in [0.3, 0.4) is 0 Å². The number of amides is 1. The van der Waals surface area contributed by atoms with Gasteiger partial charge in [0.05, 0.1) is 31.0 Å². The fourth-order valence-electron chi connectivity index (χ4n) is 2.38. The number of primary amides is 1. The Morgan fingerprint density at radius 2 is 1.95 bits per heavy atom. The van der Waals surface area contributed by atoms with Crippen molar-refractivity contribution < 1.29 is 17.9 Å². The Hall–Kier alpha value is -1.49. The van der Waals surface area contributed by atoms with Gasteiger partial charge >= 0.3 is 0 Å². The minimum Gasteiger partial charge on any atom is -0.379 e. The van der Waals surface area contributed by atoms with Crippen molar-refractivity contribution in [1.82, 2.24) is 18.4 Å². The zero-order valence-electron chi connectivity index (χ0n) is 11.4. The molecule has 2 saturated heterocycles. The number of carbonyl (C=O) groups excluding carboxylic acids is 1. The molecular weight excluding hydrogens is 298 g/mol. The second-order valence-electron chi connectivity index (χ2n) is 5.06. The summed E-state index contributed by atoms with van der Waals surface area (Å²) in [5.41, 5.74) is 5.49. The molecule has 0 aromatic carbocycles. The lowest BCUT2D eigenvalue weighted by Gasteiger charge is -2.41. The molecule has 0 atom stereocenters. The van der Waals surface area contributed by atoms with Crippen molar-refractivity contribution in [1.29, 1.82) is 0 Å². The molecule has 0 unspecified atom stereocenters. The highest BCUT2D eigenvalue weighted by Crippen LogP contribution is 2.26. The van der Waals surface area contributed by atoms with Crippen molar-refractivity contribution in [3.8, 4) is 0 Å². The van der Waals surface area contributed by atoms with E-state index < -0.39 is 16.1 Å². The topological polar surface area (TPSA) is 111 Å². The first-order valence-electron chi connectivity index (χ1n) is 6.65. The average molecular weight is 315 g/mol. The normalized spacial score (nSPS) is 22.1. The molecule has 1 aromatic heterocycles. The number of rotatable bonds is 4. The summed E-state index contributed by atoms with van der Waals surface area (Å²) in [6.07, 6.45) is 2.94. The first-order chi connectivity index (χ1) is 9.98. The van der Waals surface area contributed by atoms with Crippen molar-refractivity contribution >= 4 is 16.1 Å². The Morgan fingerprint density at radius 3 is 2.52 bits per heavy atom. The Balaban J connectivity index is 1.63. The lowest BCUT2D eigenvalue weighted by molar-refractivity contribution is 0.0663. The van der Waals surface area contributed by atoms with E-state index in [0.29, 0.717) is 45.0 Å². The van der Waals surface area contributed by atoms with Crippen molar-refractivity contribution in [2.45, 2.75) is 6.04 Å². The number of ether oxygens (including phenoxy) is 1. The van der Waals surface area contributed by atoms with E-state index in [-0.39, 0.29) is 6.04 Å². The fourth-order valence-corrected chi connectivity index (χ4v) is 4.04. The number of hydrogen-bond acceptors (Lipinski definition) is 5. The molecule has 0 aliphatic carbocycles. The maximum atomic E-state index is 12.4. The van der Waals surface area contributed by atoms with Crippen molar-refractivity contribution in [2.75, 3.05) is 39.4 Å². The molecule has 2 aliphatic heterocycles.